The molecule has 3 fully saturated rings. The number of hydrogen-bond acceptors (Lipinski definition) is 4. The van der Waals surface area contributed by atoms with Gasteiger partial charge < -0.3 is 19.4 Å². The number of nitrogens with zero attached hydrogens (tertiary/aromatic N) is 3. The number of ether oxygens (including phenoxy) is 1. The predicted molar refractivity (Wildman–Crippen MR) is 125 cm³/mol. The number of rotatable bonds is 3. The van der Waals surface area contributed by atoms with Crippen molar-refractivity contribution in [2.24, 2.45) is 17.8 Å². The van der Waals surface area contributed by atoms with E-state index in [-0.39, 0.29) is 35.5 Å². The molecule has 0 radical (unpaired) electrons. The van der Waals surface area contributed by atoms with E-state index in [4.69, 9.17) is 4.74 Å². The number of hydrogen-bond donors (Lipinski definition) is 0. The van der Waals surface area contributed by atoms with Crippen LogP contribution in [0.2, 0.25) is 0 Å². The third-order valence-electron chi connectivity index (χ3n) is 7.96. The van der Waals surface area contributed by atoms with Gasteiger partial charge in [0.2, 0.25) is 17.7 Å². The number of amides is 3. The Morgan fingerprint density at radius 1 is 0.758 bits per heavy atom. The molecule has 3 aliphatic heterocycles. The Morgan fingerprint density at radius 3 is 2.27 bits per heavy atom. The number of anilines is 1. The molecular weight excluding hydrogens is 418 g/mol. The molecule has 0 aromatic heterocycles. The highest BCUT2D eigenvalue weighted by atomic mass is 16.5. The van der Waals surface area contributed by atoms with Gasteiger partial charge in [-0.2, -0.15) is 0 Å². The van der Waals surface area contributed by atoms with Crippen LogP contribution >= 0.6 is 0 Å². The Hall–Kier alpha value is -2.41. The standard InChI is InChI=1S/C26H35N3O4/c30-24(27-14-16-33-17-15-27)20-7-5-12-28(18-20)25(31)21-8-2-3-9-22(21)26(32)29-13-11-19-6-1-4-10-23(19)29/h1,4,6,10,20-22H,2-3,5,7-9,11-18H2. The summed E-state index contributed by atoms with van der Waals surface area (Å²) < 4.78 is 5.38. The van der Waals surface area contributed by atoms with Crippen molar-refractivity contribution in [1.29, 1.82) is 0 Å². The zero-order valence-electron chi connectivity index (χ0n) is 19.4. The van der Waals surface area contributed by atoms with E-state index in [0.717, 1.165) is 50.6 Å². The second kappa shape index (κ2) is 9.84. The molecule has 178 valence electrons. The van der Waals surface area contributed by atoms with E-state index in [1.54, 1.807) is 0 Å². The van der Waals surface area contributed by atoms with E-state index < -0.39 is 0 Å². The lowest BCUT2D eigenvalue weighted by atomic mass is 9.77. The van der Waals surface area contributed by atoms with Gasteiger partial charge in [-0.3, -0.25) is 14.4 Å². The molecule has 2 saturated heterocycles. The zero-order valence-corrected chi connectivity index (χ0v) is 19.4. The van der Waals surface area contributed by atoms with Crippen LogP contribution in [-0.2, 0) is 25.5 Å². The van der Waals surface area contributed by atoms with Crippen LogP contribution in [0.5, 0.6) is 0 Å². The normalized spacial score (nSPS) is 27.9. The van der Waals surface area contributed by atoms with Gasteiger partial charge in [0.25, 0.3) is 0 Å². The summed E-state index contributed by atoms with van der Waals surface area (Å²) >= 11 is 0. The van der Waals surface area contributed by atoms with Crippen LogP contribution in [0.15, 0.2) is 24.3 Å². The number of para-hydroxylation sites is 1. The molecular formula is C26H35N3O4. The van der Waals surface area contributed by atoms with Crippen LogP contribution in [0, 0.1) is 17.8 Å². The Morgan fingerprint density at radius 2 is 1.48 bits per heavy atom. The van der Waals surface area contributed by atoms with Gasteiger partial charge in [-0.25, -0.2) is 0 Å². The first-order chi connectivity index (χ1) is 16.1. The molecule has 1 aromatic carbocycles. The fourth-order valence-corrected chi connectivity index (χ4v) is 6.14. The van der Waals surface area contributed by atoms with E-state index >= 15 is 0 Å². The first-order valence-electron chi connectivity index (χ1n) is 12.7. The number of likely N-dealkylation sites (tertiary alicyclic amines) is 1. The van der Waals surface area contributed by atoms with Crippen LogP contribution < -0.4 is 4.90 Å². The molecule has 1 aromatic rings. The fourth-order valence-electron chi connectivity index (χ4n) is 6.14. The predicted octanol–water partition coefficient (Wildman–Crippen LogP) is 2.48. The number of benzene rings is 1. The molecule has 3 unspecified atom stereocenters. The lowest BCUT2D eigenvalue weighted by Crippen LogP contribution is -2.52. The van der Waals surface area contributed by atoms with E-state index in [0.29, 0.717) is 45.9 Å². The Kier molecular flexibility index (Phi) is 6.67. The summed E-state index contributed by atoms with van der Waals surface area (Å²) in [5, 5.41) is 0. The number of fused-ring (bicyclic) bond motifs is 1. The largest absolute Gasteiger partial charge is 0.378 e. The highest BCUT2D eigenvalue weighted by Crippen LogP contribution is 2.37. The molecule has 5 rings (SSSR count). The molecule has 1 aliphatic carbocycles. The van der Waals surface area contributed by atoms with Crippen molar-refractivity contribution < 1.29 is 19.1 Å². The molecule has 3 heterocycles. The molecule has 3 atom stereocenters. The molecule has 0 bridgehead atoms. The minimum Gasteiger partial charge on any atom is -0.378 e. The molecule has 33 heavy (non-hydrogen) atoms. The van der Waals surface area contributed by atoms with E-state index in [2.05, 4.69) is 6.07 Å². The van der Waals surface area contributed by atoms with Crippen LogP contribution in [-0.4, -0.2) is 73.5 Å². The van der Waals surface area contributed by atoms with Gasteiger partial charge in [-0.15, -0.1) is 0 Å². The van der Waals surface area contributed by atoms with E-state index in [1.807, 2.05) is 32.9 Å². The van der Waals surface area contributed by atoms with Gasteiger partial charge in [0.15, 0.2) is 0 Å². The van der Waals surface area contributed by atoms with Crippen molar-refractivity contribution in [3.05, 3.63) is 29.8 Å². The minimum absolute atomic E-state index is 0.0833. The molecule has 0 spiro atoms. The van der Waals surface area contributed by atoms with Gasteiger partial charge >= 0.3 is 0 Å². The molecule has 7 heteroatoms. The van der Waals surface area contributed by atoms with Gasteiger partial charge in [0, 0.05) is 44.3 Å². The lowest BCUT2D eigenvalue weighted by Gasteiger charge is -2.40. The summed E-state index contributed by atoms with van der Waals surface area (Å²) in [6.07, 6.45) is 6.08. The number of piperidine rings is 1. The van der Waals surface area contributed by atoms with Crippen molar-refractivity contribution >= 4 is 23.4 Å². The quantitative estimate of drug-likeness (QED) is 0.705. The van der Waals surface area contributed by atoms with Gasteiger partial charge in [-0.05, 0) is 43.7 Å². The zero-order chi connectivity index (χ0) is 22.8. The van der Waals surface area contributed by atoms with Crippen LogP contribution in [0.4, 0.5) is 5.69 Å². The third kappa shape index (κ3) is 4.52. The van der Waals surface area contributed by atoms with Gasteiger partial charge in [0.05, 0.1) is 25.0 Å². The van der Waals surface area contributed by atoms with Crippen LogP contribution in [0.25, 0.3) is 0 Å². The topological polar surface area (TPSA) is 70.2 Å². The molecule has 7 nitrogen and oxygen atoms in total. The molecule has 4 aliphatic rings. The molecule has 0 N–H and O–H groups in total. The highest BCUT2D eigenvalue weighted by molar-refractivity contribution is 5.99. The van der Waals surface area contributed by atoms with Crippen LogP contribution in [0.1, 0.15) is 44.1 Å². The van der Waals surface area contributed by atoms with E-state index in [1.165, 1.54) is 5.56 Å². The Labute approximate surface area is 196 Å². The van der Waals surface area contributed by atoms with Gasteiger partial charge in [-0.1, -0.05) is 31.0 Å². The second-order valence-corrected chi connectivity index (χ2v) is 9.93. The van der Waals surface area contributed by atoms with E-state index in [9.17, 15) is 14.4 Å². The van der Waals surface area contributed by atoms with Crippen molar-refractivity contribution in [2.75, 3.05) is 50.8 Å². The maximum Gasteiger partial charge on any atom is 0.230 e. The van der Waals surface area contributed by atoms with Crippen molar-refractivity contribution in [3.8, 4) is 0 Å². The number of morpholine rings is 1. The number of carbonyl (C=O) groups is 3. The second-order valence-electron chi connectivity index (χ2n) is 9.93. The summed E-state index contributed by atoms with van der Waals surface area (Å²) in [5.74, 6) is -0.315. The SMILES string of the molecule is O=C(C1CCCN(C(=O)C2CCCCC2C(=O)N2CCc3ccccc32)C1)N1CCOCC1. The summed E-state index contributed by atoms with van der Waals surface area (Å²) in [5.41, 5.74) is 2.22. The maximum atomic E-state index is 13.7. The van der Waals surface area contributed by atoms with Crippen molar-refractivity contribution in [3.63, 3.8) is 0 Å². The molecule has 3 amide bonds. The highest BCUT2D eigenvalue weighted by Gasteiger charge is 2.42. The van der Waals surface area contributed by atoms with Crippen molar-refractivity contribution in [1.82, 2.24) is 9.80 Å². The first-order valence-corrected chi connectivity index (χ1v) is 12.7. The minimum atomic E-state index is -0.267. The Balaban J connectivity index is 1.27. The lowest BCUT2D eigenvalue weighted by molar-refractivity contribution is -0.148. The average Bonchev–Trinajstić information content (AvgIpc) is 3.32. The van der Waals surface area contributed by atoms with Crippen molar-refractivity contribution in [2.45, 2.75) is 44.9 Å². The summed E-state index contributed by atoms with van der Waals surface area (Å²) in [6.45, 7) is 4.34. The summed E-state index contributed by atoms with van der Waals surface area (Å²) in [4.78, 5) is 46.0. The molecule has 1 saturated carbocycles. The Bertz CT molecular complexity index is 897. The fraction of sp³-hybridized carbons (Fsp3) is 0.654. The summed E-state index contributed by atoms with van der Waals surface area (Å²) in [7, 11) is 0. The van der Waals surface area contributed by atoms with Crippen LogP contribution in [0.3, 0.4) is 0 Å². The monoisotopic (exact) mass is 453 g/mol. The third-order valence-corrected chi connectivity index (χ3v) is 7.96. The summed E-state index contributed by atoms with van der Waals surface area (Å²) in [6, 6.07) is 8.11. The average molecular weight is 454 g/mol. The maximum absolute atomic E-state index is 13.7. The first kappa shape index (κ1) is 22.4. The number of carbonyl (C=O) groups excluding carboxylic acids is 3. The van der Waals surface area contributed by atoms with Gasteiger partial charge in [0.1, 0.15) is 0 Å². The smallest absolute Gasteiger partial charge is 0.230 e.